The number of guanidine groups is 1. The Kier molecular flexibility index (Phi) is 3.21. The number of hydrogen-bond donors (Lipinski definition) is 2. The van der Waals surface area contributed by atoms with Crippen LogP contribution in [0.1, 0.15) is 43.7 Å². The number of nitrogens with zero attached hydrogens (tertiary/aromatic N) is 1. The minimum Gasteiger partial charge on any atom is -0.370 e. The van der Waals surface area contributed by atoms with E-state index in [1.165, 1.54) is 43.2 Å². The summed E-state index contributed by atoms with van der Waals surface area (Å²) in [5.41, 5.74) is 9.04. The lowest BCUT2D eigenvalue weighted by Crippen LogP contribution is -2.36. The molecule has 1 saturated carbocycles. The van der Waals surface area contributed by atoms with Crippen molar-refractivity contribution in [3.63, 3.8) is 0 Å². The van der Waals surface area contributed by atoms with Crippen molar-refractivity contribution in [3.05, 3.63) is 35.4 Å². The van der Waals surface area contributed by atoms with E-state index >= 15 is 0 Å². The van der Waals surface area contributed by atoms with E-state index in [1.54, 1.807) is 0 Å². The van der Waals surface area contributed by atoms with Crippen LogP contribution in [0.4, 0.5) is 0 Å². The van der Waals surface area contributed by atoms with E-state index in [0.29, 0.717) is 12.0 Å². The van der Waals surface area contributed by atoms with E-state index in [0.717, 1.165) is 6.54 Å². The monoisotopic (exact) mass is 257 g/mol. The van der Waals surface area contributed by atoms with E-state index in [9.17, 15) is 0 Å². The lowest BCUT2D eigenvalue weighted by atomic mass is 9.71. The fourth-order valence-corrected chi connectivity index (χ4v) is 3.04. The van der Waals surface area contributed by atoms with Gasteiger partial charge in [-0.05, 0) is 43.2 Å². The molecule has 3 N–H and O–H groups in total. The van der Waals surface area contributed by atoms with Crippen LogP contribution in [0.2, 0.25) is 0 Å². The summed E-state index contributed by atoms with van der Waals surface area (Å²) in [6.07, 6.45) is 6.11. The highest BCUT2D eigenvalue weighted by Crippen LogP contribution is 2.37. The topological polar surface area (TPSA) is 50.4 Å². The Hall–Kier alpha value is -1.51. The fourth-order valence-electron chi connectivity index (χ4n) is 3.04. The van der Waals surface area contributed by atoms with Crippen molar-refractivity contribution < 1.29 is 0 Å². The molecule has 3 nitrogen and oxygen atoms in total. The first-order chi connectivity index (χ1) is 9.17. The minimum atomic E-state index is 0.144. The van der Waals surface area contributed by atoms with Crippen LogP contribution in [0.3, 0.4) is 0 Å². The Bertz CT molecular complexity index is 491. The van der Waals surface area contributed by atoms with Gasteiger partial charge in [0.1, 0.15) is 0 Å². The third-order valence-electron chi connectivity index (χ3n) is 4.37. The Balaban J connectivity index is 1.75. The van der Waals surface area contributed by atoms with Crippen molar-refractivity contribution in [2.75, 3.05) is 6.54 Å². The second-order valence-corrected chi connectivity index (χ2v) is 6.19. The molecule has 1 unspecified atom stereocenters. The third kappa shape index (κ3) is 2.75. The molecule has 1 atom stereocenters. The highest BCUT2D eigenvalue weighted by molar-refractivity contribution is 5.78. The van der Waals surface area contributed by atoms with Gasteiger partial charge in [0.05, 0.1) is 6.54 Å². The molecule has 0 heterocycles. The molecule has 102 valence electrons. The zero-order valence-corrected chi connectivity index (χ0v) is 11.7. The second-order valence-electron chi connectivity index (χ2n) is 6.19. The molecular weight excluding hydrogens is 234 g/mol. The van der Waals surface area contributed by atoms with Gasteiger partial charge in [0.2, 0.25) is 0 Å². The molecule has 2 aliphatic carbocycles. The molecule has 0 radical (unpaired) electrons. The van der Waals surface area contributed by atoms with E-state index in [-0.39, 0.29) is 5.41 Å². The summed E-state index contributed by atoms with van der Waals surface area (Å²) in [7, 11) is 0. The fraction of sp³-hybridized carbons (Fsp3) is 0.562. The largest absolute Gasteiger partial charge is 0.370 e. The summed E-state index contributed by atoms with van der Waals surface area (Å²) in [5, 5.41) is 3.26. The van der Waals surface area contributed by atoms with Crippen LogP contribution in [0.25, 0.3) is 0 Å². The quantitative estimate of drug-likeness (QED) is 0.645. The number of rotatable bonds is 3. The molecular formula is C16H23N3. The summed E-state index contributed by atoms with van der Waals surface area (Å²) < 4.78 is 0. The molecule has 1 aromatic carbocycles. The Morgan fingerprint density at radius 1 is 1.42 bits per heavy atom. The van der Waals surface area contributed by atoms with Crippen molar-refractivity contribution in [3.8, 4) is 0 Å². The average molecular weight is 257 g/mol. The maximum absolute atomic E-state index is 5.95. The first kappa shape index (κ1) is 12.5. The Morgan fingerprint density at radius 3 is 3.00 bits per heavy atom. The number of benzene rings is 1. The zero-order chi connectivity index (χ0) is 13.3. The van der Waals surface area contributed by atoms with Crippen LogP contribution in [0.15, 0.2) is 29.3 Å². The number of nitrogens with one attached hydrogen (secondary N) is 1. The molecule has 1 aromatic rings. The lowest BCUT2D eigenvalue weighted by molar-refractivity contribution is 0.404. The van der Waals surface area contributed by atoms with Crippen LogP contribution in [0.5, 0.6) is 0 Å². The number of nitrogens with two attached hydrogens (primary N) is 1. The maximum atomic E-state index is 5.95. The van der Waals surface area contributed by atoms with Crippen molar-refractivity contribution in [1.82, 2.24) is 5.32 Å². The summed E-state index contributed by atoms with van der Waals surface area (Å²) >= 11 is 0. The standard InChI is InChI=1S/C16H23N3/c1-16(11-18-15(17)19-13-8-9-13)10-4-6-12-5-2-3-7-14(12)16/h2-3,5,7,13H,4,6,8-11H2,1H3,(H3,17,18,19). The van der Waals surface area contributed by atoms with Crippen LogP contribution in [-0.4, -0.2) is 18.5 Å². The lowest BCUT2D eigenvalue weighted by Gasteiger charge is -2.34. The van der Waals surface area contributed by atoms with Gasteiger partial charge in [-0.1, -0.05) is 31.2 Å². The normalized spacial score (nSPS) is 26.9. The smallest absolute Gasteiger partial charge is 0.188 e. The molecule has 0 aromatic heterocycles. The zero-order valence-electron chi connectivity index (χ0n) is 11.7. The van der Waals surface area contributed by atoms with Crippen LogP contribution < -0.4 is 11.1 Å². The third-order valence-corrected chi connectivity index (χ3v) is 4.37. The summed E-state index contributed by atoms with van der Waals surface area (Å²) in [6, 6.07) is 9.36. The summed E-state index contributed by atoms with van der Waals surface area (Å²) in [5.74, 6) is 0.617. The molecule has 3 rings (SSSR count). The van der Waals surface area contributed by atoms with Gasteiger partial charge < -0.3 is 11.1 Å². The van der Waals surface area contributed by atoms with Gasteiger partial charge in [-0.15, -0.1) is 0 Å². The first-order valence-electron chi connectivity index (χ1n) is 7.32. The van der Waals surface area contributed by atoms with Crippen LogP contribution in [0, 0.1) is 0 Å². The van der Waals surface area contributed by atoms with Gasteiger partial charge in [-0.2, -0.15) is 0 Å². The molecule has 2 aliphatic rings. The number of hydrogen-bond acceptors (Lipinski definition) is 1. The van der Waals surface area contributed by atoms with Gasteiger partial charge >= 0.3 is 0 Å². The average Bonchev–Trinajstić information content (AvgIpc) is 3.21. The number of fused-ring (bicyclic) bond motifs is 1. The van der Waals surface area contributed by atoms with Gasteiger partial charge in [0.25, 0.3) is 0 Å². The molecule has 1 fully saturated rings. The molecule has 0 bridgehead atoms. The molecule has 0 aliphatic heterocycles. The maximum Gasteiger partial charge on any atom is 0.188 e. The molecule has 19 heavy (non-hydrogen) atoms. The van der Waals surface area contributed by atoms with Gasteiger partial charge in [0.15, 0.2) is 5.96 Å². The SMILES string of the molecule is CC1(CN=C(N)NC2CC2)CCCc2ccccc21. The summed E-state index contributed by atoms with van der Waals surface area (Å²) in [4.78, 5) is 4.58. The molecule has 3 heteroatoms. The molecule has 0 saturated heterocycles. The predicted molar refractivity (Wildman–Crippen MR) is 79.4 cm³/mol. The van der Waals surface area contributed by atoms with Crippen molar-refractivity contribution in [2.45, 2.75) is 50.5 Å². The van der Waals surface area contributed by atoms with Crippen LogP contribution >= 0.6 is 0 Å². The molecule has 0 spiro atoms. The molecule has 0 amide bonds. The highest BCUT2D eigenvalue weighted by atomic mass is 15.1. The number of aliphatic imine (C=N–C) groups is 1. The first-order valence-corrected chi connectivity index (χ1v) is 7.32. The minimum absolute atomic E-state index is 0.144. The van der Waals surface area contributed by atoms with E-state index in [1.807, 2.05) is 0 Å². The van der Waals surface area contributed by atoms with Gasteiger partial charge in [-0.3, -0.25) is 4.99 Å². The van der Waals surface area contributed by atoms with Crippen molar-refractivity contribution in [1.29, 1.82) is 0 Å². The Labute approximate surface area is 115 Å². The van der Waals surface area contributed by atoms with Crippen LogP contribution in [-0.2, 0) is 11.8 Å². The highest BCUT2D eigenvalue weighted by Gasteiger charge is 2.31. The van der Waals surface area contributed by atoms with E-state index in [4.69, 9.17) is 5.73 Å². The van der Waals surface area contributed by atoms with E-state index < -0.39 is 0 Å². The summed E-state index contributed by atoms with van der Waals surface area (Å²) in [6.45, 7) is 3.11. The predicted octanol–water partition coefficient (Wildman–Crippen LogP) is 2.35. The van der Waals surface area contributed by atoms with Crippen molar-refractivity contribution >= 4 is 5.96 Å². The number of aryl methyl sites for hydroxylation is 1. The van der Waals surface area contributed by atoms with Gasteiger partial charge in [0, 0.05) is 11.5 Å². The van der Waals surface area contributed by atoms with E-state index in [2.05, 4.69) is 41.5 Å². The second kappa shape index (κ2) is 4.87. The van der Waals surface area contributed by atoms with Crippen molar-refractivity contribution in [2.24, 2.45) is 10.7 Å². The Morgan fingerprint density at radius 2 is 2.21 bits per heavy atom. The van der Waals surface area contributed by atoms with Gasteiger partial charge in [-0.25, -0.2) is 0 Å².